The summed E-state index contributed by atoms with van der Waals surface area (Å²) in [5.74, 6) is -0.356. The fourth-order valence-corrected chi connectivity index (χ4v) is 0.870. The van der Waals surface area contributed by atoms with E-state index in [0.29, 0.717) is 6.61 Å². The quantitative estimate of drug-likeness (QED) is 0.438. The van der Waals surface area contributed by atoms with Gasteiger partial charge >= 0.3 is 0 Å². The van der Waals surface area contributed by atoms with Gasteiger partial charge in [-0.1, -0.05) is 0 Å². The van der Waals surface area contributed by atoms with Gasteiger partial charge < -0.3 is 25.6 Å². The van der Waals surface area contributed by atoms with E-state index < -0.39 is 12.3 Å². The molecule has 0 spiro atoms. The van der Waals surface area contributed by atoms with Crippen molar-refractivity contribution in [2.45, 2.75) is 19.3 Å². The predicted octanol–water partition coefficient (Wildman–Crippen LogP) is -1.57. The van der Waals surface area contributed by atoms with Crippen molar-refractivity contribution >= 4 is 5.91 Å². The number of carbonyl (C=O) groups is 1. The van der Waals surface area contributed by atoms with E-state index in [2.05, 4.69) is 10.1 Å². The van der Waals surface area contributed by atoms with Gasteiger partial charge in [0, 0.05) is 13.7 Å². The Morgan fingerprint density at radius 1 is 1.64 bits per heavy atom. The lowest BCUT2D eigenvalue weighted by Crippen LogP contribution is -2.49. The number of nitrogens with one attached hydrogen (secondary N) is 1. The molecule has 2 unspecified atom stereocenters. The third-order valence-electron chi connectivity index (χ3n) is 1.62. The molecule has 0 aliphatic heterocycles. The average molecular weight is 206 g/mol. The summed E-state index contributed by atoms with van der Waals surface area (Å²) in [6.07, 6.45) is -1.09. The molecule has 0 heterocycles. The third-order valence-corrected chi connectivity index (χ3v) is 1.62. The molecule has 0 aromatic rings. The highest BCUT2D eigenvalue weighted by Gasteiger charge is 2.20. The van der Waals surface area contributed by atoms with Crippen molar-refractivity contribution < 1.29 is 19.4 Å². The van der Waals surface area contributed by atoms with Gasteiger partial charge in [0.1, 0.15) is 6.04 Å². The Morgan fingerprint density at radius 2 is 2.29 bits per heavy atom. The maximum atomic E-state index is 10.9. The number of ether oxygens (including phenoxy) is 2. The van der Waals surface area contributed by atoms with Crippen LogP contribution in [-0.2, 0) is 14.3 Å². The summed E-state index contributed by atoms with van der Waals surface area (Å²) in [5.41, 5.74) is 5.12. The molecule has 0 fully saturated rings. The highest BCUT2D eigenvalue weighted by Crippen LogP contribution is 1.95. The zero-order valence-corrected chi connectivity index (χ0v) is 8.53. The molecule has 0 saturated carbocycles. The van der Waals surface area contributed by atoms with Crippen LogP contribution in [0.3, 0.4) is 0 Å². The van der Waals surface area contributed by atoms with Crippen LogP contribution in [0.2, 0.25) is 0 Å². The number of methoxy groups -OCH3 is 1. The van der Waals surface area contributed by atoms with Gasteiger partial charge in [-0.2, -0.15) is 0 Å². The topological polar surface area (TPSA) is 93.8 Å². The molecule has 6 heteroatoms. The predicted molar refractivity (Wildman–Crippen MR) is 50.5 cm³/mol. The van der Waals surface area contributed by atoms with Gasteiger partial charge in [-0.15, -0.1) is 0 Å². The standard InChI is InChI=1S/C8H18N2O4/c1-3-14-5-6(8(12)13-2)10-7(11)4-9/h6,8,12H,3-5,9H2,1-2H3,(H,10,11). The third kappa shape index (κ3) is 5.13. The number of rotatable bonds is 7. The van der Waals surface area contributed by atoms with Crippen LogP contribution in [0, 0.1) is 0 Å². The van der Waals surface area contributed by atoms with Crippen molar-refractivity contribution in [3.63, 3.8) is 0 Å². The Morgan fingerprint density at radius 3 is 2.71 bits per heavy atom. The average Bonchev–Trinajstić information content (AvgIpc) is 2.22. The van der Waals surface area contributed by atoms with Crippen molar-refractivity contribution in [2.75, 3.05) is 26.9 Å². The molecule has 2 atom stereocenters. The monoisotopic (exact) mass is 206 g/mol. The van der Waals surface area contributed by atoms with E-state index in [-0.39, 0.29) is 19.1 Å². The number of aliphatic hydroxyl groups excluding tert-OH is 1. The molecular formula is C8H18N2O4. The largest absolute Gasteiger partial charge is 0.379 e. The molecule has 0 rings (SSSR count). The number of hydrogen-bond donors (Lipinski definition) is 3. The number of hydrogen-bond acceptors (Lipinski definition) is 5. The summed E-state index contributed by atoms with van der Waals surface area (Å²) < 4.78 is 9.74. The van der Waals surface area contributed by atoms with Crippen LogP contribution >= 0.6 is 0 Å². The maximum absolute atomic E-state index is 10.9. The molecule has 0 radical (unpaired) electrons. The summed E-state index contributed by atoms with van der Waals surface area (Å²) in [5, 5.41) is 11.8. The molecule has 84 valence electrons. The molecule has 0 aromatic heterocycles. The molecular weight excluding hydrogens is 188 g/mol. The normalized spacial score (nSPS) is 14.9. The van der Waals surface area contributed by atoms with Crippen LogP contribution in [0.1, 0.15) is 6.92 Å². The zero-order valence-electron chi connectivity index (χ0n) is 8.53. The van der Waals surface area contributed by atoms with Crippen LogP contribution in [0.4, 0.5) is 0 Å². The van der Waals surface area contributed by atoms with Crippen molar-refractivity contribution in [3.8, 4) is 0 Å². The van der Waals surface area contributed by atoms with Crippen molar-refractivity contribution in [2.24, 2.45) is 5.73 Å². The van der Waals surface area contributed by atoms with Gasteiger partial charge in [0.2, 0.25) is 5.91 Å². The van der Waals surface area contributed by atoms with E-state index in [9.17, 15) is 9.90 Å². The van der Waals surface area contributed by atoms with Gasteiger partial charge in [-0.25, -0.2) is 0 Å². The highest BCUT2D eigenvalue weighted by molar-refractivity contribution is 5.78. The molecule has 4 N–H and O–H groups in total. The lowest BCUT2D eigenvalue weighted by molar-refractivity contribution is -0.133. The lowest BCUT2D eigenvalue weighted by atomic mass is 10.3. The number of aliphatic hydroxyl groups is 1. The SMILES string of the molecule is CCOCC(NC(=O)CN)C(O)OC. The molecule has 0 aliphatic carbocycles. The first kappa shape index (κ1) is 13.3. The van der Waals surface area contributed by atoms with Crippen LogP contribution in [0.15, 0.2) is 0 Å². The minimum atomic E-state index is -1.09. The van der Waals surface area contributed by atoms with Gasteiger partial charge in [0.25, 0.3) is 0 Å². The van der Waals surface area contributed by atoms with Gasteiger partial charge in [-0.3, -0.25) is 4.79 Å². The number of carbonyl (C=O) groups excluding carboxylic acids is 1. The Kier molecular flexibility index (Phi) is 7.31. The van der Waals surface area contributed by atoms with Crippen LogP contribution in [-0.4, -0.2) is 50.2 Å². The highest BCUT2D eigenvalue weighted by atomic mass is 16.6. The zero-order chi connectivity index (χ0) is 11.0. The van der Waals surface area contributed by atoms with Crippen molar-refractivity contribution in [1.82, 2.24) is 5.32 Å². The Labute approximate surface area is 83.4 Å². The second-order valence-corrected chi connectivity index (χ2v) is 2.66. The summed E-state index contributed by atoms with van der Waals surface area (Å²) >= 11 is 0. The van der Waals surface area contributed by atoms with E-state index >= 15 is 0 Å². The van der Waals surface area contributed by atoms with E-state index in [1.54, 1.807) is 0 Å². The van der Waals surface area contributed by atoms with Crippen LogP contribution < -0.4 is 11.1 Å². The molecule has 1 amide bonds. The first-order valence-corrected chi connectivity index (χ1v) is 4.43. The summed E-state index contributed by atoms with van der Waals surface area (Å²) in [6.45, 7) is 2.39. The summed E-state index contributed by atoms with van der Waals surface area (Å²) in [4.78, 5) is 10.9. The van der Waals surface area contributed by atoms with Crippen LogP contribution in [0.25, 0.3) is 0 Å². The van der Waals surface area contributed by atoms with Crippen molar-refractivity contribution in [1.29, 1.82) is 0 Å². The molecule has 0 aliphatic rings. The van der Waals surface area contributed by atoms with Gasteiger partial charge in [0.05, 0.1) is 13.2 Å². The van der Waals surface area contributed by atoms with E-state index in [1.807, 2.05) is 6.92 Å². The summed E-state index contributed by atoms with van der Waals surface area (Å²) in [6, 6.07) is -0.587. The first-order chi connectivity index (χ1) is 6.65. The van der Waals surface area contributed by atoms with E-state index in [0.717, 1.165) is 0 Å². The molecule has 6 nitrogen and oxygen atoms in total. The smallest absolute Gasteiger partial charge is 0.234 e. The molecule has 0 bridgehead atoms. The Bertz CT molecular complexity index is 165. The minimum absolute atomic E-state index is 0.126. The fourth-order valence-electron chi connectivity index (χ4n) is 0.870. The Hall–Kier alpha value is -0.690. The lowest BCUT2D eigenvalue weighted by Gasteiger charge is -2.22. The fraction of sp³-hybridized carbons (Fsp3) is 0.875. The second-order valence-electron chi connectivity index (χ2n) is 2.66. The Balaban J connectivity index is 4.02. The molecule has 0 saturated heterocycles. The molecule has 14 heavy (non-hydrogen) atoms. The first-order valence-electron chi connectivity index (χ1n) is 4.43. The van der Waals surface area contributed by atoms with E-state index in [1.165, 1.54) is 7.11 Å². The van der Waals surface area contributed by atoms with Crippen LogP contribution in [0.5, 0.6) is 0 Å². The van der Waals surface area contributed by atoms with Crippen molar-refractivity contribution in [3.05, 3.63) is 0 Å². The van der Waals surface area contributed by atoms with E-state index in [4.69, 9.17) is 10.5 Å². The second kappa shape index (κ2) is 7.69. The maximum Gasteiger partial charge on any atom is 0.234 e. The molecule has 0 aromatic carbocycles. The number of amides is 1. The minimum Gasteiger partial charge on any atom is -0.379 e. The van der Waals surface area contributed by atoms with Gasteiger partial charge in [0.15, 0.2) is 6.29 Å². The number of nitrogens with two attached hydrogens (primary N) is 1. The van der Waals surface area contributed by atoms with Gasteiger partial charge in [-0.05, 0) is 6.92 Å². The summed E-state index contributed by atoms with van der Waals surface area (Å²) in [7, 11) is 1.35.